The van der Waals surface area contributed by atoms with Gasteiger partial charge >= 0.3 is 0 Å². The van der Waals surface area contributed by atoms with Crippen molar-refractivity contribution < 1.29 is 18.7 Å². The first-order valence-corrected chi connectivity index (χ1v) is 11.6. The van der Waals surface area contributed by atoms with Gasteiger partial charge in [-0.25, -0.2) is 0 Å². The molecule has 0 aliphatic carbocycles. The van der Waals surface area contributed by atoms with Crippen LogP contribution >= 0.6 is 11.8 Å². The van der Waals surface area contributed by atoms with Crippen molar-refractivity contribution in [3.05, 3.63) is 78.6 Å². The number of thioether (sulfide) groups is 1. The number of primary amides is 1. The molecule has 0 saturated heterocycles. The summed E-state index contributed by atoms with van der Waals surface area (Å²) in [7, 11) is 0. The normalized spacial score (nSPS) is 14.9. The molecule has 9 nitrogen and oxygen atoms in total. The number of nitrogens with two attached hydrogens (primary N) is 1. The average Bonchev–Trinajstić information content (AvgIpc) is 3.52. The number of hydrogen-bond acceptors (Lipinski definition) is 7. The zero-order valence-electron chi connectivity index (χ0n) is 18.0. The van der Waals surface area contributed by atoms with Gasteiger partial charge < -0.3 is 19.8 Å². The number of ether oxygens (including phenoxy) is 1. The molecule has 34 heavy (non-hydrogen) atoms. The number of furan rings is 1. The summed E-state index contributed by atoms with van der Waals surface area (Å²) in [4.78, 5) is 26.5. The first-order chi connectivity index (χ1) is 16.6. The number of anilines is 1. The highest BCUT2D eigenvalue weighted by Crippen LogP contribution is 2.34. The van der Waals surface area contributed by atoms with Gasteiger partial charge in [-0.2, -0.15) is 0 Å². The fourth-order valence-corrected chi connectivity index (χ4v) is 4.53. The largest absolute Gasteiger partial charge is 0.477 e. The molecule has 0 bridgehead atoms. The number of hydrogen-bond donors (Lipinski definition) is 1. The van der Waals surface area contributed by atoms with Crippen molar-refractivity contribution in [2.45, 2.75) is 17.8 Å². The molecular weight excluding hydrogens is 454 g/mol. The standard InChI is InChI=1S/C24H21N5O4S/c25-22(31)20-14-28(17-9-4-5-10-18(17)33-20)21(30)15-34-24-27-26-23(19-11-6-12-32-19)29(24)13-16-7-2-1-3-8-16/h1-12,20H,13-15H2,(H2,25,31)/t20-/m0/s1. The summed E-state index contributed by atoms with van der Waals surface area (Å²) in [6, 6.07) is 20.6. The molecule has 1 aliphatic rings. The fourth-order valence-electron chi connectivity index (χ4n) is 3.72. The second-order valence-electron chi connectivity index (χ2n) is 7.62. The zero-order chi connectivity index (χ0) is 23.5. The maximum Gasteiger partial charge on any atom is 0.260 e. The lowest BCUT2D eigenvalue weighted by Gasteiger charge is -2.33. The molecule has 3 heterocycles. The zero-order valence-corrected chi connectivity index (χ0v) is 18.9. The number of benzene rings is 2. The Hall–Kier alpha value is -4.05. The van der Waals surface area contributed by atoms with Crippen LogP contribution in [-0.4, -0.2) is 45.0 Å². The maximum atomic E-state index is 13.2. The van der Waals surface area contributed by atoms with E-state index in [-0.39, 0.29) is 18.2 Å². The minimum Gasteiger partial charge on any atom is -0.477 e. The fraction of sp³-hybridized carbons (Fsp3) is 0.167. The van der Waals surface area contributed by atoms with Crippen LogP contribution in [0.2, 0.25) is 0 Å². The summed E-state index contributed by atoms with van der Waals surface area (Å²) in [5.74, 6) is 0.891. The number of rotatable bonds is 7. The number of nitrogens with zero attached hydrogens (tertiary/aromatic N) is 4. The molecule has 1 aliphatic heterocycles. The molecule has 1 atom stereocenters. The number of fused-ring (bicyclic) bond motifs is 1. The molecular formula is C24H21N5O4S. The van der Waals surface area contributed by atoms with Gasteiger partial charge in [-0.15, -0.1) is 10.2 Å². The van der Waals surface area contributed by atoms with Crippen LogP contribution < -0.4 is 15.4 Å². The van der Waals surface area contributed by atoms with Gasteiger partial charge in [-0.05, 0) is 29.8 Å². The summed E-state index contributed by atoms with van der Waals surface area (Å²) in [6.45, 7) is 0.574. The highest BCUT2D eigenvalue weighted by atomic mass is 32.2. The Kier molecular flexibility index (Phi) is 6.05. The lowest BCUT2D eigenvalue weighted by atomic mass is 10.2. The number of para-hydroxylation sites is 2. The van der Waals surface area contributed by atoms with Gasteiger partial charge in [0.2, 0.25) is 11.7 Å². The van der Waals surface area contributed by atoms with Gasteiger partial charge in [0.05, 0.1) is 30.8 Å². The number of amides is 2. The third kappa shape index (κ3) is 4.40. The summed E-state index contributed by atoms with van der Waals surface area (Å²) < 4.78 is 13.1. The highest BCUT2D eigenvalue weighted by molar-refractivity contribution is 7.99. The molecule has 172 valence electrons. The van der Waals surface area contributed by atoms with Gasteiger partial charge in [-0.1, -0.05) is 54.2 Å². The van der Waals surface area contributed by atoms with Crippen LogP contribution in [0.5, 0.6) is 5.75 Å². The summed E-state index contributed by atoms with van der Waals surface area (Å²) in [6.07, 6.45) is 0.675. The van der Waals surface area contributed by atoms with E-state index in [2.05, 4.69) is 10.2 Å². The van der Waals surface area contributed by atoms with Crippen LogP contribution in [0.3, 0.4) is 0 Å². The van der Waals surface area contributed by atoms with Gasteiger partial charge in [0, 0.05) is 0 Å². The Morgan fingerprint density at radius 3 is 2.59 bits per heavy atom. The van der Waals surface area contributed by atoms with E-state index in [1.54, 1.807) is 30.5 Å². The molecule has 0 radical (unpaired) electrons. The van der Waals surface area contributed by atoms with E-state index in [0.29, 0.717) is 34.7 Å². The lowest BCUT2D eigenvalue weighted by Crippen LogP contribution is -2.49. The van der Waals surface area contributed by atoms with Gasteiger partial charge in [0.25, 0.3) is 5.91 Å². The quantitative estimate of drug-likeness (QED) is 0.409. The van der Waals surface area contributed by atoms with Crippen LogP contribution in [-0.2, 0) is 16.1 Å². The van der Waals surface area contributed by atoms with Crippen LogP contribution in [0, 0.1) is 0 Å². The highest BCUT2D eigenvalue weighted by Gasteiger charge is 2.32. The van der Waals surface area contributed by atoms with Crippen LogP contribution in [0.25, 0.3) is 11.6 Å². The minimum absolute atomic E-state index is 0.0556. The van der Waals surface area contributed by atoms with Crippen molar-refractivity contribution >= 4 is 29.3 Å². The molecule has 2 amide bonds. The third-order valence-electron chi connectivity index (χ3n) is 5.36. The molecule has 2 aromatic heterocycles. The summed E-state index contributed by atoms with van der Waals surface area (Å²) in [5.41, 5.74) is 7.13. The van der Waals surface area contributed by atoms with E-state index in [0.717, 1.165) is 5.56 Å². The molecule has 4 aromatic rings. The van der Waals surface area contributed by atoms with Crippen molar-refractivity contribution in [3.63, 3.8) is 0 Å². The topological polar surface area (TPSA) is 116 Å². The van der Waals surface area contributed by atoms with Crippen molar-refractivity contribution in [1.29, 1.82) is 0 Å². The second kappa shape index (κ2) is 9.44. The Bertz CT molecular complexity index is 1310. The van der Waals surface area contributed by atoms with Crippen molar-refractivity contribution in [3.8, 4) is 17.3 Å². The molecule has 2 N–H and O–H groups in total. The first-order valence-electron chi connectivity index (χ1n) is 10.6. The smallest absolute Gasteiger partial charge is 0.260 e. The van der Waals surface area contributed by atoms with Crippen molar-refractivity contribution in [1.82, 2.24) is 14.8 Å². The molecule has 0 unspecified atom stereocenters. The molecule has 0 saturated carbocycles. The van der Waals surface area contributed by atoms with Gasteiger partial charge in [-0.3, -0.25) is 14.2 Å². The SMILES string of the molecule is NC(=O)[C@@H]1CN(C(=O)CSc2nnc(-c3ccco3)n2Cc2ccccc2)c2ccccc2O1. The summed E-state index contributed by atoms with van der Waals surface area (Å²) >= 11 is 1.27. The molecule has 0 spiro atoms. The predicted molar refractivity (Wildman–Crippen MR) is 126 cm³/mol. The van der Waals surface area contributed by atoms with E-state index in [1.165, 1.54) is 16.7 Å². The second-order valence-corrected chi connectivity index (χ2v) is 8.57. The van der Waals surface area contributed by atoms with Gasteiger partial charge in [0.1, 0.15) is 5.75 Å². The maximum absolute atomic E-state index is 13.2. The molecule has 10 heteroatoms. The average molecular weight is 476 g/mol. The van der Waals surface area contributed by atoms with E-state index < -0.39 is 12.0 Å². The Morgan fingerprint density at radius 1 is 1.03 bits per heavy atom. The van der Waals surface area contributed by atoms with Crippen LogP contribution in [0.1, 0.15) is 5.56 Å². The minimum atomic E-state index is -0.906. The summed E-state index contributed by atoms with van der Waals surface area (Å²) in [5, 5.41) is 9.21. The Balaban J connectivity index is 1.39. The van der Waals surface area contributed by atoms with Crippen molar-refractivity contribution in [2.24, 2.45) is 5.73 Å². The van der Waals surface area contributed by atoms with Gasteiger partial charge in [0.15, 0.2) is 17.0 Å². The third-order valence-corrected chi connectivity index (χ3v) is 6.31. The Labute approximate surface area is 199 Å². The van der Waals surface area contributed by atoms with Crippen LogP contribution in [0.15, 0.2) is 82.6 Å². The molecule has 2 aromatic carbocycles. The molecule has 5 rings (SSSR count). The van der Waals surface area contributed by atoms with E-state index in [9.17, 15) is 9.59 Å². The van der Waals surface area contributed by atoms with Crippen molar-refractivity contribution in [2.75, 3.05) is 17.2 Å². The van der Waals surface area contributed by atoms with E-state index in [4.69, 9.17) is 14.9 Å². The van der Waals surface area contributed by atoms with Crippen LogP contribution in [0.4, 0.5) is 5.69 Å². The monoisotopic (exact) mass is 475 g/mol. The Morgan fingerprint density at radius 2 is 1.82 bits per heavy atom. The first kappa shape index (κ1) is 21.8. The predicted octanol–water partition coefficient (Wildman–Crippen LogP) is 2.96. The van der Waals surface area contributed by atoms with E-state index in [1.807, 2.05) is 47.0 Å². The number of carbonyl (C=O) groups is 2. The van der Waals surface area contributed by atoms with E-state index >= 15 is 0 Å². The molecule has 0 fully saturated rings. The number of carbonyl (C=O) groups excluding carboxylic acids is 2. The number of aromatic nitrogens is 3. The lowest BCUT2D eigenvalue weighted by molar-refractivity contribution is -0.125.